The number of carbonyl (C=O) groups excluding carboxylic acids is 2. The van der Waals surface area contributed by atoms with Crippen LogP contribution in [0.1, 0.15) is 48.2 Å². The molecule has 0 fully saturated rings. The van der Waals surface area contributed by atoms with Gasteiger partial charge in [-0.05, 0) is 55.7 Å². The van der Waals surface area contributed by atoms with Crippen LogP contribution in [0.3, 0.4) is 0 Å². The van der Waals surface area contributed by atoms with Gasteiger partial charge in [-0.1, -0.05) is 67.2 Å². The van der Waals surface area contributed by atoms with Crippen LogP contribution >= 0.6 is 0 Å². The second-order valence-corrected chi connectivity index (χ2v) is 9.20. The largest absolute Gasteiger partial charge is 0.453 e. The minimum Gasteiger partial charge on any atom is -0.453 e. The average molecular weight is 485 g/mol. The van der Waals surface area contributed by atoms with Crippen LogP contribution in [0.15, 0.2) is 108 Å². The summed E-state index contributed by atoms with van der Waals surface area (Å²) >= 11 is 0. The van der Waals surface area contributed by atoms with E-state index in [1.807, 2.05) is 45.1 Å². The number of allylic oxidation sites excluding steroid dienone is 8. The number of hydrogen-bond acceptors (Lipinski definition) is 4. The fraction of sp³-hybridized carbons (Fsp3) is 0.267. The molecule has 2 N–H and O–H groups in total. The molecule has 0 aromatic carbocycles. The van der Waals surface area contributed by atoms with E-state index in [0.717, 1.165) is 28.7 Å². The van der Waals surface area contributed by atoms with Crippen molar-refractivity contribution in [1.29, 1.82) is 0 Å². The molecule has 4 atom stereocenters. The van der Waals surface area contributed by atoms with Gasteiger partial charge < -0.3 is 19.4 Å². The van der Waals surface area contributed by atoms with Crippen molar-refractivity contribution < 1.29 is 19.1 Å². The Kier molecular flexibility index (Phi) is 7.74. The molecule has 6 heteroatoms. The summed E-state index contributed by atoms with van der Waals surface area (Å²) in [6.45, 7) is 9.91. The van der Waals surface area contributed by atoms with Crippen molar-refractivity contribution in [2.75, 3.05) is 0 Å². The van der Waals surface area contributed by atoms with Gasteiger partial charge in [-0.3, -0.25) is 0 Å². The van der Waals surface area contributed by atoms with Crippen LogP contribution < -0.4 is 0 Å². The highest BCUT2D eigenvalue weighted by Gasteiger charge is 2.47. The third-order valence-corrected chi connectivity index (χ3v) is 6.71. The molecule has 2 aromatic rings. The molecular weight excluding hydrogens is 452 g/mol. The first-order chi connectivity index (χ1) is 17.4. The number of aromatic amines is 2. The maximum Gasteiger partial charge on any atom is 0.355 e. The molecule has 0 saturated carbocycles. The Morgan fingerprint density at radius 3 is 2.19 bits per heavy atom. The zero-order chi connectivity index (χ0) is 25.7. The highest BCUT2D eigenvalue weighted by atomic mass is 16.6. The second kappa shape index (κ2) is 11.1. The Balaban J connectivity index is 1.86. The van der Waals surface area contributed by atoms with Gasteiger partial charge in [0.1, 0.15) is 17.5 Å². The predicted octanol–water partition coefficient (Wildman–Crippen LogP) is 6.25. The summed E-state index contributed by atoms with van der Waals surface area (Å²) in [5, 5.41) is 0. The van der Waals surface area contributed by atoms with Crippen molar-refractivity contribution in [3.05, 3.63) is 119 Å². The van der Waals surface area contributed by atoms with Gasteiger partial charge >= 0.3 is 11.9 Å². The first-order valence-corrected chi connectivity index (χ1v) is 12.1. The van der Waals surface area contributed by atoms with E-state index < -0.39 is 24.1 Å². The smallest absolute Gasteiger partial charge is 0.355 e. The Hall–Kier alpha value is -4.06. The number of esters is 2. The van der Waals surface area contributed by atoms with E-state index in [2.05, 4.69) is 28.7 Å². The lowest BCUT2D eigenvalue weighted by atomic mass is 9.69. The molecule has 0 amide bonds. The molecule has 186 valence electrons. The van der Waals surface area contributed by atoms with Gasteiger partial charge in [-0.25, -0.2) is 9.59 Å². The molecule has 2 aliphatic carbocycles. The van der Waals surface area contributed by atoms with Crippen molar-refractivity contribution in [3.8, 4) is 0 Å². The Morgan fingerprint density at radius 1 is 1.00 bits per heavy atom. The number of rotatable bonds is 7. The molecule has 2 heterocycles. The van der Waals surface area contributed by atoms with Crippen LogP contribution in [0.2, 0.25) is 0 Å². The highest BCUT2D eigenvalue weighted by Crippen LogP contribution is 2.45. The zero-order valence-corrected chi connectivity index (χ0v) is 20.9. The molecule has 2 aliphatic rings. The van der Waals surface area contributed by atoms with Crippen LogP contribution in [0.25, 0.3) is 0 Å². The van der Waals surface area contributed by atoms with Gasteiger partial charge in [0.25, 0.3) is 0 Å². The van der Waals surface area contributed by atoms with E-state index in [4.69, 9.17) is 9.47 Å². The van der Waals surface area contributed by atoms with E-state index in [1.54, 1.807) is 42.7 Å². The van der Waals surface area contributed by atoms with E-state index >= 15 is 0 Å². The molecule has 6 nitrogen and oxygen atoms in total. The molecule has 0 aliphatic heterocycles. The van der Waals surface area contributed by atoms with Crippen molar-refractivity contribution in [2.24, 2.45) is 11.8 Å². The summed E-state index contributed by atoms with van der Waals surface area (Å²) in [4.78, 5) is 32.2. The number of hydrogen-bond donors (Lipinski definition) is 2. The van der Waals surface area contributed by atoms with Gasteiger partial charge in [0, 0.05) is 24.2 Å². The van der Waals surface area contributed by atoms with Crippen LogP contribution in [0, 0.1) is 11.8 Å². The maximum atomic E-state index is 13.2. The fourth-order valence-corrected chi connectivity index (χ4v) is 4.95. The maximum absolute atomic E-state index is 13.2. The summed E-state index contributed by atoms with van der Waals surface area (Å²) in [5.74, 6) is -1.50. The molecule has 0 saturated heterocycles. The number of nitrogens with one attached hydrogen (secondary N) is 2. The van der Waals surface area contributed by atoms with Gasteiger partial charge in [0.15, 0.2) is 6.10 Å². The molecule has 36 heavy (non-hydrogen) atoms. The summed E-state index contributed by atoms with van der Waals surface area (Å²) in [6.07, 6.45) is 16.4. The van der Waals surface area contributed by atoms with Crippen LogP contribution in [-0.4, -0.2) is 34.1 Å². The van der Waals surface area contributed by atoms with Crippen molar-refractivity contribution in [3.63, 3.8) is 0 Å². The minimum atomic E-state index is -0.754. The first-order valence-electron chi connectivity index (χ1n) is 12.1. The van der Waals surface area contributed by atoms with Crippen molar-refractivity contribution in [2.45, 2.75) is 39.4 Å². The van der Waals surface area contributed by atoms with E-state index in [-0.39, 0.29) is 11.8 Å². The zero-order valence-electron chi connectivity index (χ0n) is 20.9. The molecule has 0 radical (unpaired) electrons. The Bertz CT molecular complexity index is 1250. The summed E-state index contributed by atoms with van der Waals surface area (Å²) in [6, 6.07) is 6.83. The lowest BCUT2D eigenvalue weighted by Crippen LogP contribution is -2.49. The van der Waals surface area contributed by atoms with Crippen LogP contribution in [0.5, 0.6) is 0 Å². The highest BCUT2D eigenvalue weighted by molar-refractivity contribution is 5.88. The van der Waals surface area contributed by atoms with Gasteiger partial charge in [0.2, 0.25) is 0 Å². The van der Waals surface area contributed by atoms with Crippen LogP contribution in [0.4, 0.5) is 0 Å². The quantitative estimate of drug-likeness (QED) is 0.359. The number of aromatic nitrogens is 2. The number of H-pyrrole nitrogens is 2. The van der Waals surface area contributed by atoms with Crippen molar-refractivity contribution >= 4 is 11.9 Å². The van der Waals surface area contributed by atoms with E-state index in [1.165, 1.54) is 0 Å². The Morgan fingerprint density at radius 2 is 1.64 bits per heavy atom. The van der Waals surface area contributed by atoms with Gasteiger partial charge in [-0.2, -0.15) is 0 Å². The van der Waals surface area contributed by atoms with E-state index in [0.29, 0.717) is 11.4 Å². The first kappa shape index (κ1) is 25.0. The molecule has 4 rings (SSSR count). The third kappa shape index (κ3) is 5.13. The second-order valence-electron chi connectivity index (χ2n) is 9.20. The lowest BCUT2D eigenvalue weighted by molar-refractivity contribution is -0.0649. The predicted molar refractivity (Wildman–Crippen MR) is 140 cm³/mol. The average Bonchev–Trinajstić information content (AvgIpc) is 3.54. The summed E-state index contributed by atoms with van der Waals surface area (Å²) in [7, 11) is 0. The third-order valence-electron chi connectivity index (χ3n) is 6.71. The number of carbonyl (C=O) groups is 2. The molecule has 4 unspecified atom stereocenters. The summed E-state index contributed by atoms with van der Waals surface area (Å²) in [5.41, 5.74) is 4.99. The normalized spacial score (nSPS) is 23.2. The lowest BCUT2D eigenvalue weighted by Gasteiger charge is -2.43. The summed E-state index contributed by atoms with van der Waals surface area (Å²) < 4.78 is 12.3. The van der Waals surface area contributed by atoms with E-state index in [9.17, 15) is 9.59 Å². The molecule has 0 spiro atoms. The minimum absolute atomic E-state index is 0.175. The molecular formula is C30H32N2O4. The Labute approximate surface area is 211 Å². The molecule has 0 bridgehead atoms. The van der Waals surface area contributed by atoms with Crippen LogP contribution in [-0.2, 0) is 9.47 Å². The monoisotopic (exact) mass is 484 g/mol. The van der Waals surface area contributed by atoms with Crippen molar-refractivity contribution in [1.82, 2.24) is 9.97 Å². The topological polar surface area (TPSA) is 84.2 Å². The standard InChI is InChI=1S/C30H32N2O4/c1-5-6-12-21(19(2)3)26-23-14-9-7-8-13-22(23)20(4)27(35-29(33)24-15-10-17-31-24)28(26)36-30(34)25-16-11-18-32-25/h5-12,14-18,20,26-28,31-32H,1,13H2,2-4H3/b12-6-. The number of ether oxygens (including phenoxy) is 2. The SMILES string of the molecule is C=C/C=C\C(=C(C)C)C1C2=C(CC=CC=C2)C(C)C(OC(=O)c2ccc[nH]2)C1OC(=O)c1ccc[nH]1. The molecule has 2 aromatic heterocycles. The van der Waals surface area contributed by atoms with Gasteiger partial charge in [0.05, 0.1) is 0 Å². The fourth-order valence-electron chi connectivity index (χ4n) is 4.95. The van der Waals surface area contributed by atoms with Gasteiger partial charge in [-0.15, -0.1) is 0 Å².